The number of carbonyl (C=O) groups is 1. The molecule has 2 aromatic carbocycles. The highest BCUT2D eigenvalue weighted by atomic mass is 16.7. The molecule has 3 heteroatoms. The van der Waals surface area contributed by atoms with Crippen LogP contribution in [0.25, 0.3) is 5.57 Å². The van der Waals surface area contributed by atoms with Crippen LogP contribution in [0.4, 0.5) is 0 Å². The first kappa shape index (κ1) is 13.1. The van der Waals surface area contributed by atoms with E-state index in [4.69, 9.17) is 9.47 Å². The Morgan fingerprint density at radius 2 is 1.73 bits per heavy atom. The zero-order valence-corrected chi connectivity index (χ0v) is 12.1. The number of hydrogen-bond donors (Lipinski definition) is 0. The molecule has 0 amide bonds. The maximum absolute atomic E-state index is 12.1. The third-order valence-corrected chi connectivity index (χ3v) is 4.26. The lowest BCUT2D eigenvalue weighted by atomic mass is 9.81. The Hall–Kier alpha value is -2.55. The van der Waals surface area contributed by atoms with Crippen molar-refractivity contribution < 1.29 is 14.3 Å². The molecule has 0 radical (unpaired) electrons. The molecule has 0 bridgehead atoms. The first-order valence-electron chi connectivity index (χ1n) is 7.48. The third kappa shape index (κ3) is 2.39. The van der Waals surface area contributed by atoms with Gasteiger partial charge in [0.15, 0.2) is 17.3 Å². The van der Waals surface area contributed by atoms with Crippen LogP contribution in [0.3, 0.4) is 0 Å². The largest absolute Gasteiger partial charge is 0.454 e. The van der Waals surface area contributed by atoms with E-state index in [9.17, 15) is 4.79 Å². The second-order valence-corrected chi connectivity index (χ2v) is 5.72. The van der Waals surface area contributed by atoms with Crippen LogP contribution < -0.4 is 9.47 Å². The normalized spacial score (nSPS) is 19.9. The molecular formula is C19H16O3. The summed E-state index contributed by atoms with van der Waals surface area (Å²) < 4.78 is 10.8. The van der Waals surface area contributed by atoms with Gasteiger partial charge in [0.05, 0.1) is 0 Å². The maximum atomic E-state index is 12.1. The molecule has 2 aromatic rings. The van der Waals surface area contributed by atoms with Gasteiger partial charge in [0.2, 0.25) is 6.79 Å². The molecule has 0 N–H and O–H groups in total. The number of fused-ring (bicyclic) bond motifs is 1. The van der Waals surface area contributed by atoms with Crippen molar-refractivity contribution in [2.75, 3.05) is 6.79 Å². The number of ether oxygens (including phenoxy) is 2. The van der Waals surface area contributed by atoms with Crippen molar-refractivity contribution in [2.24, 2.45) is 0 Å². The van der Waals surface area contributed by atoms with Crippen molar-refractivity contribution in [3.05, 3.63) is 65.7 Å². The van der Waals surface area contributed by atoms with Gasteiger partial charge in [-0.2, -0.15) is 0 Å². The molecule has 0 spiro atoms. The number of rotatable bonds is 2. The molecule has 110 valence electrons. The highest BCUT2D eigenvalue weighted by Gasteiger charge is 2.24. The molecule has 2 aliphatic rings. The summed E-state index contributed by atoms with van der Waals surface area (Å²) >= 11 is 0. The number of carbonyl (C=O) groups excluding carboxylic acids is 1. The second kappa shape index (κ2) is 5.34. The van der Waals surface area contributed by atoms with E-state index in [2.05, 4.69) is 12.1 Å². The maximum Gasteiger partial charge on any atom is 0.231 e. The summed E-state index contributed by atoms with van der Waals surface area (Å²) in [6, 6.07) is 16.1. The Bertz CT molecular complexity index is 747. The highest BCUT2D eigenvalue weighted by molar-refractivity contribution is 5.99. The lowest BCUT2D eigenvalue weighted by molar-refractivity contribution is -0.115. The summed E-state index contributed by atoms with van der Waals surface area (Å²) in [6.45, 7) is 0.275. The Morgan fingerprint density at radius 1 is 0.909 bits per heavy atom. The number of allylic oxidation sites excluding steroid dienone is 2. The van der Waals surface area contributed by atoms with Gasteiger partial charge in [0.25, 0.3) is 0 Å². The van der Waals surface area contributed by atoms with E-state index in [1.54, 1.807) is 6.08 Å². The van der Waals surface area contributed by atoms with Crippen molar-refractivity contribution in [3.8, 4) is 11.5 Å². The molecule has 1 aliphatic heterocycles. The molecule has 0 aromatic heterocycles. The SMILES string of the molecule is O=C1C=C(c2ccccc2)C[C@@H](c2ccc3c(c2)OCO3)C1. The van der Waals surface area contributed by atoms with E-state index in [-0.39, 0.29) is 18.5 Å². The summed E-state index contributed by atoms with van der Waals surface area (Å²) in [7, 11) is 0. The van der Waals surface area contributed by atoms with Gasteiger partial charge in [-0.3, -0.25) is 4.79 Å². The molecule has 4 rings (SSSR count). The van der Waals surface area contributed by atoms with E-state index < -0.39 is 0 Å². The average Bonchev–Trinajstić information content (AvgIpc) is 3.02. The monoisotopic (exact) mass is 292 g/mol. The number of ketones is 1. The lowest BCUT2D eigenvalue weighted by Gasteiger charge is -2.23. The minimum atomic E-state index is 0.188. The zero-order chi connectivity index (χ0) is 14.9. The average molecular weight is 292 g/mol. The molecule has 1 atom stereocenters. The number of hydrogen-bond acceptors (Lipinski definition) is 3. The van der Waals surface area contributed by atoms with Crippen LogP contribution in [-0.2, 0) is 4.79 Å². The fourth-order valence-electron chi connectivity index (χ4n) is 3.15. The molecule has 0 saturated heterocycles. The lowest BCUT2D eigenvalue weighted by Crippen LogP contribution is -2.12. The zero-order valence-electron chi connectivity index (χ0n) is 12.1. The topological polar surface area (TPSA) is 35.5 Å². The molecule has 1 heterocycles. The molecule has 3 nitrogen and oxygen atoms in total. The van der Waals surface area contributed by atoms with Crippen LogP contribution in [0.1, 0.15) is 29.9 Å². The molecule has 22 heavy (non-hydrogen) atoms. The van der Waals surface area contributed by atoms with Crippen LogP contribution in [0.2, 0.25) is 0 Å². The van der Waals surface area contributed by atoms with Gasteiger partial charge in [-0.25, -0.2) is 0 Å². The Morgan fingerprint density at radius 3 is 2.59 bits per heavy atom. The van der Waals surface area contributed by atoms with E-state index in [1.807, 2.05) is 36.4 Å². The van der Waals surface area contributed by atoms with Crippen molar-refractivity contribution in [3.63, 3.8) is 0 Å². The van der Waals surface area contributed by atoms with Gasteiger partial charge in [-0.15, -0.1) is 0 Å². The summed E-state index contributed by atoms with van der Waals surface area (Å²) in [6.07, 6.45) is 3.21. The second-order valence-electron chi connectivity index (χ2n) is 5.72. The van der Waals surface area contributed by atoms with Gasteiger partial charge in [-0.1, -0.05) is 36.4 Å². The minimum Gasteiger partial charge on any atom is -0.454 e. The van der Waals surface area contributed by atoms with Gasteiger partial charge in [0.1, 0.15) is 0 Å². The van der Waals surface area contributed by atoms with Gasteiger partial charge >= 0.3 is 0 Å². The fourth-order valence-corrected chi connectivity index (χ4v) is 3.15. The molecule has 0 fully saturated rings. The third-order valence-electron chi connectivity index (χ3n) is 4.26. The van der Waals surface area contributed by atoms with Crippen LogP contribution in [0.5, 0.6) is 11.5 Å². The molecule has 1 aliphatic carbocycles. The smallest absolute Gasteiger partial charge is 0.231 e. The van der Waals surface area contributed by atoms with E-state index >= 15 is 0 Å². The Balaban J connectivity index is 1.64. The first-order chi connectivity index (χ1) is 10.8. The first-order valence-corrected chi connectivity index (χ1v) is 7.48. The van der Waals surface area contributed by atoms with E-state index in [1.165, 1.54) is 0 Å². The van der Waals surface area contributed by atoms with Crippen molar-refractivity contribution in [1.82, 2.24) is 0 Å². The fraction of sp³-hybridized carbons (Fsp3) is 0.211. The predicted molar refractivity (Wildman–Crippen MR) is 84.0 cm³/mol. The summed E-state index contributed by atoms with van der Waals surface area (Å²) in [5, 5.41) is 0. The number of benzene rings is 2. The van der Waals surface area contributed by atoms with E-state index in [0.29, 0.717) is 6.42 Å². The standard InChI is InChI=1S/C19H16O3/c20-17-9-15(13-4-2-1-3-5-13)8-16(10-17)14-6-7-18-19(11-14)22-12-21-18/h1-7,9,11,16H,8,10,12H2/t16-/m1/s1. The Labute approximate surface area is 129 Å². The summed E-state index contributed by atoms with van der Waals surface area (Å²) in [4.78, 5) is 12.1. The van der Waals surface area contributed by atoms with Gasteiger partial charge in [0, 0.05) is 6.42 Å². The van der Waals surface area contributed by atoms with Gasteiger partial charge in [-0.05, 0) is 47.2 Å². The summed E-state index contributed by atoms with van der Waals surface area (Å²) in [5.41, 5.74) is 3.37. The highest BCUT2D eigenvalue weighted by Crippen LogP contribution is 2.40. The molecule has 0 saturated carbocycles. The predicted octanol–water partition coefficient (Wildman–Crippen LogP) is 3.95. The minimum absolute atomic E-state index is 0.188. The van der Waals surface area contributed by atoms with Crippen LogP contribution >= 0.6 is 0 Å². The summed E-state index contributed by atoms with van der Waals surface area (Å²) in [5.74, 6) is 1.94. The quantitative estimate of drug-likeness (QED) is 0.841. The Kier molecular flexibility index (Phi) is 3.19. The molecular weight excluding hydrogens is 276 g/mol. The van der Waals surface area contributed by atoms with Crippen molar-refractivity contribution in [2.45, 2.75) is 18.8 Å². The van der Waals surface area contributed by atoms with Crippen LogP contribution in [0.15, 0.2) is 54.6 Å². The van der Waals surface area contributed by atoms with E-state index in [0.717, 1.165) is 34.6 Å². The van der Waals surface area contributed by atoms with Crippen LogP contribution in [-0.4, -0.2) is 12.6 Å². The molecule has 0 unspecified atom stereocenters. The van der Waals surface area contributed by atoms with Crippen LogP contribution in [0, 0.1) is 0 Å². The van der Waals surface area contributed by atoms with Crippen molar-refractivity contribution >= 4 is 11.4 Å². The van der Waals surface area contributed by atoms with Gasteiger partial charge < -0.3 is 9.47 Å². The van der Waals surface area contributed by atoms with Crippen molar-refractivity contribution in [1.29, 1.82) is 0 Å².